The number of likely N-dealkylation sites (N-methyl/N-ethyl adjacent to an activating group) is 1. The molecule has 1 fully saturated rings. The lowest BCUT2D eigenvalue weighted by atomic mass is 9.82. The second-order valence-corrected chi connectivity index (χ2v) is 6.54. The summed E-state index contributed by atoms with van der Waals surface area (Å²) in [7, 11) is 2.11. The molecule has 1 N–H and O–H groups in total. The summed E-state index contributed by atoms with van der Waals surface area (Å²) in [5.41, 5.74) is 0. The van der Waals surface area contributed by atoms with Crippen molar-refractivity contribution in [1.29, 1.82) is 0 Å². The summed E-state index contributed by atoms with van der Waals surface area (Å²) >= 11 is 5.50. The van der Waals surface area contributed by atoms with Crippen LogP contribution in [0.5, 0.6) is 0 Å². The minimum Gasteiger partial charge on any atom is -0.316 e. The fourth-order valence-corrected chi connectivity index (χ4v) is 4.29. The zero-order valence-electron chi connectivity index (χ0n) is 9.84. The third-order valence-electron chi connectivity index (χ3n) is 3.69. The zero-order valence-corrected chi connectivity index (χ0v) is 12.2. The highest BCUT2D eigenvalue weighted by Crippen LogP contribution is 2.31. The van der Waals surface area contributed by atoms with Crippen LogP contribution in [-0.2, 0) is 6.42 Å². The van der Waals surface area contributed by atoms with E-state index in [-0.39, 0.29) is 0 Å². The Morgan fingerprint density at radius 1 is 1.44 bits per heavy atom. The quantitative estimate of drug-likeness (QED) is 0.878. The summed E-state index contributed by atoms with van der Waals surface area (Å²) in [6.45, 7) is 0. The highest BCUT2D eigenvalue weighted by Gasteiger charge is 2.23. The van der Waals surface area contributed by atoms with Crippen molar-refractivity contribution in [3.63, 3.8) is 0 Å². The predicted octanol–water partition coefficient (Wildman–Crippen LogP) is 4.22. The molecular weight excluding hydrogens is 282 g/mol. The number of nitrogens with one attached hydrogen (secondary N) is 1. The fourth-order valence-electron chi connectivity index (χ4n) is 2.71. The van der Waals surface area contributed by atoms with Crippen molar-refractivity contribution in [2.24, 2.45) is 5.92 Å². The van der Waals surface area contributed by atoms with Gasteiger partial charge in [-0.15, -0.1) is 11.3 Å². The predicted molar refractivity (Wildman–Crippen MR) is 75.1 cm³/mol. The van der Waals surface area contributed by atoms with Crippen molar-refractivity contribution < 1.29 is 0 Å². The van der Waals surface area contributed by atoms with Gasteiger partial charge < -0.3 is 5.32 Å². The van der Waals surface area contributed by atoms with E-state index in [9.17, 15) is 0 Å². The van der Waals surface area contributed by atoms with Gasteiger partial charge in [-0.25, -0.2) is 0 Å². The molecule has 0 bridgehead atoms. The molecule has 90 valence electrons. The Balaban J connectivity index is 1.97. The average molecular weight is 302 g/mol. The molecule has 0 aromatic carbocycles. The van der Waals surface area contributed by atoms with Gasteiger partial charge in [0.1, 0.15) is 0 Å². The summed E-state index contributed by atoms with van der Waals surface area (Å²) in [4.78, 5) is 1.49. The number of rotatable bonds is 4. The molecule has 1 unspecified atom stereocenters. The molecule has 0 amide bonds. The van der Waals surface area contributed by atoms with Crippen LogP contribution in [0.3, 0.4) is 0 Å². The maximum Gasteiger partial charge on any atom is 0.0314 e. The Morgan fingerprint density at radius 2 is 2.19 bits per heavy atom. The zero-order chi connectivity index (χ0) is 11.4. The number of hydrogen-bond donors (Lipinski definition) is 1. The monoisotopic (exact) mass is 301 g/mol. The van der Waals surface area contributed by atoms with E-state index in [4.69, 9.17) is 0 Å². The number of thiophene rings is 1. The van der Waals surface area contributed by atoms with Gasteiger partial charge >= 0.3 is 0 Å². The second kappa shape index (κ2) is 6.18. The molecule has 1 aromatic rings. The third-order valence-corrected chi connectivity index (χ3v) is 5.63. The molecule has 1 atom stereocenters. The molecule has 2 rings (SSSR count). The maximum absolute atomic E-state index is 3.63. The van der Waals surface area contributed by atoms with E-state index in [0.29, 0.717) is 6.04 Å². The van der Waals surface area contributed by atoms with E-state index in [1.54, 1.807) is 0 Å². The van der Waals surface area contributed by atoms with Crippen LogP contribution in [0.1, 0.15) is 37.0 Å². The summed E-state index contributed by atoms with van der Waals surface area (Å²) in [6, 6.07) is 2.82. The van der Waals surface area contributed by atoms with Gasteiger partial charge in [0, 0.05) is 15.4 Å². The van der Waals surface area contributed by atoms with Crippen LogP contribution in [0.25, 0.3) is 0 Å². The molecule has 16 heavy (non-hydrogen) atoms. The maximum atomic E-state index is 3.63. The van der Waals surface area contributed by atoms with Gasteiger partial charge in [-0.1, -0.05) is 19.3 Å². The van der Waals surface area contributed by atoms with Gasteiger partial charge in [-0.2, -0.15) is 0 Å². The van der Waals surface area contributed by atoms with E-state index in [0.717, 1.165) is 5.92 Å². The van der Waals surface area contributed by atoms with Gasteiger partial charge in [0.2, 0.25) is 0 Å². The molecule has 1 heterocycles. The van der Waals surface area contributed by atoms with E-state index in [1.807, 2.05) is 11.3 Å². The third kappa shape index (κ3) is 3.08. The van der Waals surface area contributed by atoms with Crippen LogP contribution in [0.15, 0.2) is 15.9 Å². The lowest BCUT2D eigenvalue weighted by Crippen LogP contribution is -2.36. The van der Waals surface area contributed by atoms with Crippen molar-refractivity contribution in [2.45, 2.75) is 44.6 Å². The first-order valence-electron chi connectivity index (χ1n) is 6.20. The van der Waals surface area contributed by atoms with Crippen LogP contribution in [-0.4, -0.2) is 13.1 Å². The van der Waals surface area contributed by atoms with Crippen LogP contribution in [0.2, 0.25) is 0 Å². The van der Waals surface area contributed by atoms with Crippen molar-refractivity contribution in [3.05, 3.63) is 20.8 Å². The molecule has 3 heteroatoms. The Hall–Kier alpha value is 0.140. The largest absolute Gasteiger partial charge is 0.316 e. The van der Waals surface area contributed by atoms with Crippen LogP contribution in [0, 0.1) is 5.92 Å². The highest BCUT2D eigenvalue weighted by molar-refractivity contribution is 9.10. The molecule has 0 aliphatic heterocycles. The van der Waals surface area contributed by atoms with Crippen molar-refractivity contribution in [1.82, 2.24) is 5.32 Å². The van der Waals surface area contributed by atoms with Crippen molar-refractivity contribution >= 4 is 27.3 Å². The normalized spacial score (nSPS) is 19.9. The molecule has 0 spiro atoms. The first-order valence-corrected chi connectivity index (χ1v) is 7.87. The van der Waals surface area contributed by atoms with Gasteiger partial charge in [-0.3, -0.25) is 0 Å². The smallest absolute Gasteiger partial charge is 0.0314 e. The Morgan fingerprint density at radius 3 is 2.75 bits per heavy atom. The Kier molecular flexibility index (Phi) is 4.86. The first kappa shape index (κ1) is 12.6. The van der Waals surface area contributed by atoms with E-state index < -0.39 is 0 Å². The van der Waals surface area contributed by atoms with E-state index in [1.165, 1.54) is 47.9 Å². The standard InChI is InChI=1S/C13H20BrNS/c1-15-12(10-5-3-2-4-6-10)9-13-11(14)7-8-16-13/h7-8,10,12,15H,2-6,9H2,1H3. The van der Waals surface area contributed by atoms with Crippen molar-refractivity contribution in [3.8, 4) is 0 Å². The van der Waals surface area contributed by atoms with Crippen LogP contribution >= 0.6 is 27.3 Å². The molecule has 1 aromatic heterocycles. The molecule has 0 saturated heterocycles. The van der Waals surface area contributed by atoms with E-state index >= 15 is 0 Å². The average Bonchev–Trinajstić information content (AvgIpc) is 2.73. The lowest BCUT2D eigenvalue weighted by molar-refractivity contribution is 0.277. The minimum absolute atomic E-state index is 0.662. The molecule has 1 nitrogen and oxygen atoms in total. The van der Waals surface area contributed by atoms with Crippen LogP contribution < -0.4 is 5.32 Å². The topological polar surface area (TPSA) is 12.0 Å². The molecule has 1 saturated carbocycles. The SMILES string of the molecule is CNC(Cc1sccc1Br)C1CCCCC1. The van der Waals surface area contributed by atoms with Gasteiger partial charge in [0.05, 0.1) is 0 Å². The molecule has 1 aliphatic rings. The van der Waals surface area contributed by atoms with Gasteiger partial charge in [0.15, 0.2) is 0 Å². The summed E-state index contributed by atoms with van der Waals surface area (Å²) < 4.78 is 1.29. The van der Waals surface area contributed by atoms with Crippen molar-refractivity contribution in [2.75, 3.05) is 7.05 Å². The summed E-state index contributed by atoms with van der Waals surface area (Å²) in [5, 5.41) is 5.70. The molecular formula is C13H20BrNS. The second-order valence-electron chi connectivity index (χ2n) is 4.69. The Bertz CT molecular complexity index is 317. The molecule has 0 radical (unpaired) electrons. The van der Waals surface area contributed by atoms with E-state index in [2.05, 4.69) is 39.7 Å². The van der Waals surface area contributed by atoms with Crippen LogP contribution in [0.4, 0.5) is 0 Å². The highest BCUT2D eigenvalue weighted by atomic mass is 79.9. The first-order chi connectivity index (χ1) is 7.81. The fraction of sp³-hybridized carbons (Fsp3) is 0.692. The van der Waals surface area contributed by atoms with Gasteiger partial charge in [-0.05, 0) is 59.6 Å². The number of halogens is 1. The molecule has 1 aliphatic carbocycles. The number of hydrogen-bond acceptors (Lipinski definition) is 2. The lowest BCUT2D eigenvalue weighted by Gasteiger charge is -2.30. The van der Waals surface area contributed by atoms with Gasteiger partial charge in [0.25, 0.3) is 0 Å². The Labute approximate surface area is 111 Å². The summed E-state index contributed by atoms with van der Waals surface area (Å²) in [6.07, 6.45) is 8.29. The summed E-state index contributed by atoms with van der Waals surface area (Å²) in [5.74, 6) is 0.882. The minimum atomic E-state index is 0.662.